The van der Waals surface area contributed by atoms with Gasteiger partial charge < -0.3 is 15.0 Å². The molecule has 4 nitrogen and oxygen atoms in total. The topological polar surface area (TPSA) is 41.6 Å². The fourth-order valence-electron chi connectivity index (χ4n) is 2.22. The quantitative estimate of drug-likeness (QED) is 0.822. The summed E-state index contributed by atoms with van der Waals surface area (Å²) in [4.78, 5) is 14.2. The lowest BCUT2D eigenvalue weighted by Gasteiger charge is -2.24. The Morgan fingerprint density at radius 3 is 3.00 bits per heavy atom. The predicted molar refractivity (Wildman–Crippen MR) is 71.6 cm³/mol. The minimum Gasteiger partial charge on any atom is -0.385 e. The summed E-state index contributed by atoms with van der Waals surface area (Å²) in [5.74, 6) is 0.135. The molecule has 1 unspecified atom stereocenters. The number of ether oxygens (including phenoxy) is 1. The molecule has 0 radical (unpaired) electrons. The van der Waals surface area contributed by atoms with Crippen molar-refractivity contribution >= 4 is 11.6 Å². The zero-order valence-corrected chi connectivity index (χ0v) is 11.0. The van der Waals surface area contributed by atoms with E-state index < -0.39 is 0 Å². The number of nitrogens with zero attached hydrogens (tertiary/aromatic N) is 1. The summed E-state index contributed by atoms with van der Waals surface area (Å²) < 4.78 is 5.06. The Hall–Kier alpha value is -1.39. The van der Waals surface area contributed by atoms with E-state index in [0.29, 0.717) is 13.2 Å². The van der Waals surface area contributed by atoms with Crippen molar-refractivity contribution in [3.05, 3.63) is 29.8 Å². The Bertz CT molecular complexity index is 420. The van der Waals surface area contributed by atoms with Crippen LogP contribution in [-0.2, 0) is 16.1 Å². The molecule has 0 aromatic heterocycles. The molecule has 1 atom stereocenters. The molecule has 1 aromatic carbocycles. The Kier molecular flexibility index (Phi) is 4.33. The minimum absolute atomic E-state index is 0.135. The van der Waals surface area contributed by atoms with Gasteiger partial charge in [-0.25, -0.2) is 0 Å². The largest absolute Gasteiger partial charge is 0.385 e. The van der Waals surface area contributed by atoms with E-state index in [9.17, 15) is 4.79 Å². The number of carbonyl (C=O) groups excluding carboxylic acids is 1. The molecule has 1 aliphatic heterocycles. The number of amides is 1. The molecule has 98 valence electrons. The van der Waals surface area contributed by atoms with Crippen molar-refractivity contribution in [2.75, 3.05) is 25.2 Å². The van der Waals surface area contributed by atoms with Gasteiger partial charge >= 0.3 is 0 Å². The molecule has 0 saturated carbocycles. The number of anilines is 1. The molecular weight excluding hydrogens is 228 g/mol. The number of fused-ring (bicyclic) bond motifs is 1. The van der Waals surface area contributed by atoms with Gasteiger partial charge in [-0.2, -0.15) is 0 Å². The highest BCUT2D eigenvalue weighted by Gasteiger charge is 2.26. The van der Waals surface area contributed by atoms with E-state index in [0.717, 1.165) is 18.7 Å². The maximum atomic E-state index is 12.3. The van der Waals surface area contributed by atoms with Crippen molar-refractivity contribution in [1.29, 1.82) is 0 Å². The first-order valence-electron chi connectivity index (χ1n) is 6.35. The van der Waals surface area contributed by atoms with Gasteiger partial charge in [0, 0.05) is 32.5 Å². The minimum atomic E-state index is -0.139. The second kappa shape index (κ2) is 5.98. The summed E-state index contributed by atoms with van der Waals surface area (Å²) in [7, 11) is 1.68. The summed E-state index contributed by atoms with van der Waals surface area (Å²) >= 11 is 0. The van der Waals surface area contributed by atoms with Crippen molar-refractivity contribution in [2.24, 2.45) is 0 Å². The first-order chi connectivity index (χ1) is 8.74. The molecule has 1 aliphatic rings. The smallest absolute Gasteiger partial charge is 0.243 e. The van der Waals surface area contributed by atoms with Crippen LogP contribution in [0.15, 0.2) is 24.3 Å². The van der Waals surface area contributed by atoms with Crippen LogP contribution in [0.2, 0.25) is 0 Å². The van der Waals surface area contributed by atoms with Crippen molar-refractivity contribution in [2.45, 2.75) is 25.9 Å². The van der Waals surface area contributed by atoms with Gasteiger partial charge in [-0.15, -0.1) is 0 Å². The molecule has 1 amide bonds. The maximum absolute atomic E-state index is 12.3. The Balaban J connectivity index is 2.23. The monoisotopic (exact) mass is 248 g/mol. The number of rotatable bonds is 4. The molecule has 1 heterocycles. The molecule has 1 N–H and O–H groups in total. The average Bonchev–Trinajstić information content (AvgIpc) is 2.51. The summed E-state index contributed by atoms with van der Waals surface area (Å²) in [5, 5.41) is 3.25. The van der Waals surface area contributed by atoms with Gasteiger partial charge in [-0.05, 0) is 25.0 Å². The summed E-state index contributed by atoms with van der Waals surface area (Å²) in [6, 6.07) is 7.93. The molecule has 0 aliphatic carbocycles. The van der Waals surface area contributed by atoms with Crippen LogP contribution in [0.5, 0.6) is 0 Å². The lowest BCUT2D eigenvalue weighted by Crippen LogP contribution is -2.43. The zero-order valence-electron chi connectivity index (χ0n) is 11.0. The molecule has 18 heavy (non-hydrogen) atoms. The summed E-state index contributed by atoms with van der Waals surface area (Å²) in [6.45, 7) is 4.03. The first kappa shape index (κ1) is 13.1. The molecule has 0 saturated heterocycles. The van der Waals surface area contributed by atoms with Crippen LogP contribution in [0.3, 0.4) is 0 Å². The van der Waals surface area contributed by atoms with Gasteiger partial charge in [0.15, 0.2) is 0 Å². The number of methoxy groups -OCH3 is 1. The lowest BCUT2D eigenvalue weighted by molar-refractivity contribution is -0.120. The van der Waals surface area contributed by atoms with Crippen molar-refractivity contribution in [3.8, 4) is 0 Å². The van der Waals surface area contributed by atoms with Crippen molar-refractivity contribution in [1.82, 2.24) is 5.32 Å². The van der Waals surface area contributed by atoms with E-state index in [4.69, 9.17) is 4.74 Å². The summed E-state index contributed by atoms with van der Waals surface area (Å²) in [6.07, 6.45) is 0.850. The normalized spacial score (nSPS) is 19.6. The van der Waals surface area contributed by atoms with Crippen molar-refractivity contribution < 1.29 is 9.53 Å². The van der Waals surface area contributed by atoms with E-state index in [-0.39, 0.29) is 11.9 Å². The van der Waals surface area contributed by atoms with E-state index in [1.54, 1.807) is 7.11 Å². The molecule has 0 spiro atoms. The predicted octanol–water partition coefficient (Wildman–Crippen LogP) is 1.55. The van der Waals surface area contributed by atoms with Crippen LogP contribution < -0.4 is 10.2 Å². The molecule has 4 heteroatoms. The second-order valence-electron chi connectivity index (χ2n) is 4.57. The van der Waals surface area contributed by atoms with Crippen LogP contribution in [0.4, 0.5) is 5.69 Å². The van der Waals surface area contributed by atoms with Gasteiger partial charge in [0.25, 0.3) is 0 Å². The van der Waals surface area contributed by atoms with E-state index >= 15 is 0 Å². The third-order valence-corrected chi connectivity index (χ3v) is 3.25. The number of para-hydroxylation sites is 1. The number of nitrogens with one attached hydrogen (secondary N) is 1. The second-order valence-corrected chi connectivity index (χ2v) is 4.57. The van der Waals surface area contributed by atoms with E-state index in [1.807, 2.05) is 30.0 Å². The number of hydrogen-bond acceptors (Lipinski definition) is 3. The molecule has 1 aromatic rings. The first-order valence-corrected chi connectivity index (χ1v) is 6.35. The fourth-order valence-corrected chi connectivity index (χ4v) is 2.22. The Morgan fingerprint density at radius 2 is 2.22 bits per heavy atom. The summed E-state index contributed by atoms with van der Waals surface area (Å²) in [5.41, 5.74) is 2.20. The Labute approximate surface area is 108 Å². The van der Waals surface area contributed by atoms with Crippen LogP contribution in [0.1, 0.15) is 18.9 Å². The third kappa shape index (κ3) is 2.71. The fraction of sp³-hybridized carbons (Fsp3) is 0.500. The standard InChI is InChI=1S/C14H20N2O2/c1-11-14(17)16(8-5-9-18-2)13-7-4-3-6-12(13)10-15-11/h3-4,6-7,11,15H,5,8-10H2,1-2H3. The molecular formula is C14H20N2O2. The highest BCUT2D eigenvalue weighted by atomic mass is 16.5. The zero-order chi connectivity index (χ0) is 13.0. The van der Waals surface area contributed by atoms with Gasteiger partial charge in [0.2, 0.25) is 5.91 Å². The van der Waals surface area contributed by atoms with Crippen LogP contribution in [-0.4, -0.2) is 32.2 Å². The third-order valence-electron chi connectivity index (χ3n) is 3.25. The lowest BCUT2D eigenvalue weighted by atomic mass is 10.1. The average molecular weight is 248 g/mol. The highest BCUT2D eigenvalue weighted by molar-refractivity contribution is 5.98. The van der Waals surface area contributed by atoms with Gasteiger partial charge in [0.1, 0.15) is 0 Å². The Morgan fingerprint density at radius 1 is 1.44 bits per heavy atom. The van der Waals surface area contributed by atoms with Gasteiger partial charge in [-0.3, -0.25) is 4.79 Å². The van der Waals surface area contributed by atoms with E-state index in [1.165, 1.54) is 5.56 Å². The number of carbonyl (C=O) groups is 1. The molecule has 2 rings (SSSR count). The van der Waals surface area contributed by atoms with E-state index in [2.05, 4.69) is 11.4 Å². The highest BCUT2D eigenvalue weighted by Crippen LogP contribution is 2.24. The van der Waals surface area contributed by atoms with Gasteiger partial charge in [0.05, 0.1) is 6.04 Å². The van der Waals surface area contributed by atoms with Crippen LogP contribution >= 0.6 is 0 Å². The molecule has 0 fully saturated rings. The van der Waals surface area contributed by atoms with Crippen molar-refractivity contribution in [3.63, 3.8) is 0 Å². The van der Waals surface area contributed by atoms with Crippen LogP contribution in [0.25, 0.3) is 0 Å². The maximum Gasteiger partial charge on any atom is 0.243 e. The number of benzene rings is 1. The van der Waals surface area contributed by atoms with Crippen LogP contribution in [0, 0.1) is 0 Å². The van der Waals surface area contributed by atoms with Gasteiger partial charge in [-0.1, -0.05) is 18.2 Å². The number of hydrogen-bond donors (Lipinski definition) is 1. The SMILES string of the molecule is COCCCN1C(=O)C(C)NCc2ccccc21. The molecule has 0 bridgehead atoms.